The first-order chi connectivity index (χ1) is 13.2. The molecule has 0 saturated carbocycles. The second-order valence-corrected chi connectivity index (χ2v) is 8.45. The zero-order valence-corrected chi connectivity index (χ0v) is 16.2. The van der Waals surface area contributed by atoms with Gasteiger partial charge in [-0.2, -0.15) is 0 Å². The van der Waals surface area contributed by atoms with Crippen molar-refractivity contribution in [2.24, 2.45) is 5.92 Å². The van der Waals surface area contributed by atoms with Crippen molar-refractivity contribution in [3.05, 3.63) is 17.5 Å². The van der Waals surface area contributed by atoms with Crippen molar-refractivity contribution in [2.75, 3.05) is 45.8 Å². The van der Waals surface area contributed by atoms with E-state index in [2.05, 4.69) is 15.0 Å². The lowest BCUT2D eigenvalue weighted by Gasteiger charge is -2.34. The van der Waals surface area contributed by atoms with Gasteiger partial charge in [0, 0.05) is 38.8 Å². The monoisotopic (exact) mass is 376 g/mol. The number of nitrogens with zero attached hydrogens (tertiary/aromatic N) is 4. The van der Waals surface area contributed by atoms with Crippen molar-refractivity contribution in [1.29, 1.82) is 0 Å². The molecule has 1 atom stereocenters. The number of carbonyl (C=O) groups is 1. The van der Waals surface area contributed by atoms with E-state index in [1.54, 1.807) is 6.07 Å². The summed E-state index contributed by atoms with van der Waals surface area (Å²) in [7, 11) is 0. The summed E-state index contributed by atoms with van der Waals surface area (Å²) in [4.78, 5) is 19.6. The minimum absolute atomic E-state index is 0.00480. The highest BCUT2D eigenvalue weighted by Crippen LogP contribution is 2.22. The van der Waals surface area contributed by atoms with Crippen LogP contribution in [0.4, 0.5) is 0 Å². The van der Waals surface area contributed by atoms with Gasteiger partial charge in [-0.05, 0) is 57.5 Å². The van der Waals surface area contributed by atoms with Crippen LogP contribution < -0.4 is 0 Å². The molecule has 7 nitrogen and oxygen atoms in total. The molecule has 1 aromatic heterocycles. The Morgan fingerprint density at radius 2 is 1.85 bits per heavy atom. The quantitative estimate of drug-likeness (QED) is 0.841. The molecule has 3 aliphatic heterocycles. The number of piperidine rings is 2. The molecule has 0 aliphatic carbocycles. The summed E-state index contributed by atoms with van der Waals surface area (Å²) in [6, 6.07) is 1.80. The maximum Gasteiger partial charge on any atom is 0.276 e. The highest BCUT2D eigenvalue weighted by molar-refractivity contribution is 5.92. The highest BCUT2D eigenvalue weighted by Gasteiger charge is 2.28. The van der Waals surface area contributed by atoms with Crippen molar-refractivity contribution in [1.82, 2.24) is 19.9 Å². The molecule has 3 saturated heterocycles. The van der Waals surface area contributed by atoms with Gasteiger partial charge in [0.2, 0.25) is 0 Å². The van der Waals surface area contributed by atoms with Crippen LogP contribution in [0.1, 0.15) is 54.8 Å². The molecule has 3 aliphatic rings. The molecular formula is C20H32N4O3. The number of aromatic nitrogens is 1. The molecule has 27 heavy (non-hydrogen) atoms. The van der Waals surface area contributed by atoms with Gasteiger partial charge < -0.3 is 19.4 Å². The number of likely N-dealkylation sites (tertiary alicyclic amines) is 3. The van der Waals surface area contributed by atoms with E-state index < -0.39 is 0 Å². The van der Waals surface area contributed by atoms with E-state index in [1.165, 1.54) is 32.4 Å². The Kier molecular flexibility index (Phi) is 6.10. The Bertz CT molecular complexity index is 620. The van der Waals surface area contributed by atoms with Gasteiger partial charge in [0.15, 0.2) is 11.5 Å². The van der Waals surface area contributed by atoms with Crippen LogP contribution in [0.15, 0.2) is 10.6 Å². The zero-order chi connectivity index (χ0) is 18.6. The fourth-order valence-electron chi connectivity index (χ4n) is 4.68. The largest absolute Gasteiger partial charge is 0.393 e. The van der Waals surface area contributed by atoms with Gasteiger partial charge in [0.25, 0.3) is 5.91 Å². The fourth-order valence-corrected chi connectivity index (χ4v) is 4.68. The lowest BCUT2D eigenvalue weighted by Crippen LogP contribution is -2.43. The van der Waals surface area contributed by atoms with Gasteiger partial charge in [0.05, 0.1) is 12.6 Å². The number of hydrogen-bond acceptors (Lipinski definition) is 6. The zero-order valence-electron chi connectivity index (χ0n) is 16.2. The van der Waals surface area contributed by atoms with Crippen LogP contribution in [0.5, 0.6) is 0 Å². The summed E-state index contributed by atoms with van der Waals surface area (Å²) in [5.41, 5.74) is 0.434. The predicted molar refractivity (Wildman–Crippen MR) is 101 cm³/mol. The van der Waals surface area contributed by atoms with Crippen LogP contribution in [-0.4, -0.2) is 82.8 Å². The third-order valence-electron chi connectivity index (χ3n) is 6.24. The number of carbonyl (C=O) groups excluding carboxylic acids is 1. The summed E-state index contributed by atoms with van der Waals surface area (Å²) in [6.45, 7) is 7.57. The molecule has 4 rings (SSSR count). The highest BCUT2D eigenvalue weighted by atomic mass is 16.5. The smallest absolute Gasteiger partial charge is 0.276 e. The summed E-state index contributed by atoms with van der Waals surface area (Å²) in [5, 5.41) is 13.7. The minimum Gasteiger partial charge on any atom is -0.393 e. The number of rotatable bonds is 5. The lowest BCUT2D eigenvalue weighted by atomic mass is 9.97. The molecule has 1 aromatic rings. The van der Waals surface area contributed by atoms with E-state index in [-0.39, 0.29) is 12.0 Å². The molecule has 0 aromatic carbocycles. The van der Waals surface area contributed by atoms with Crippen molar-refractivity contribution in [3.8, 4) is 0 Å². The van der Waals surface area contributed by atoms with Crippen LogP contribution in [0.2, 0.25) is 0 Å². The second kappa shape index (κ2) is 8.71. The molecule has 1 amide bonds. The molecular weight excluding hydrogens is 344 g/mol. The molecule has 0 radical (unpaired) electrons. The van der Waals surface area contributed by atoms with Gasteiger partial charge >= 0.3 is 0 Å². The van der Waals surface area contributed by atoms with Gasteiger partial charge in [-0.1, -0.05) is 5.16 Å². The third kappa shape index (κ3) is 4.89. The number of amides is 1. The van der Waals surface area contributed by atoms with Crippen molar-refractivity contribution in [2.45, 2.75) is 51.2 Å². The van der Waals surface area contributed by atoms with Crippen LogP contribution >= 0.6 is 0 Å². The first-order valence-corrected chi connectivity index (χ1v) is 10.5. The predicted octanol–water partition coefficient (Wildman–Crippen LogP) is 1.58. The topological polar surface area (TPSA) is 73.0 Å². The second-order valence-electron chi connectivity index (χ2n) is 8.45. The maximum atomic E-state index is 12.9. The SMILES string of the molecule is O=C(c1cc(CN2CCC(O)CC2)on1)N1CCC[C@@H](CN2CCCC2)C1. The van der Waals surface area contributed by atoms with Crippen molar-refractivity contribution in [3.63, 3.8) is 0 Å². The van der Waals surface area contributed by atoms with Crippen molar-refractivity contribution >= 4 is 5.91 Å². The van der Waals surface area contributed by atoms with Crippen LogP contribution in [0.25, 0.3) is 0 Å². The van der Waals surface area contributed by atoms with E-state index in [0.29, 0.717) is 18.2 Å². The van der Waals surface area contributed by atoms with Crippen LogP contribution in [0, 0.1) is 5.92 Å². The Hall–Kier alpha value is -1.44. The van der Waals surface area contributed by atoms with E-state index in [4.69, 9.17) is 4.52 Å². The average molecular weight is 377 g/mol. The minimum atomic E-state index is -0.180. The van der Waals surface area contributed by atoms with Crippen LogP contribution in [-0.2, 0) is 6.54 Å². The summed E-state index contributed by atoms with van der Waals surface area (Å²) in [6.07, 6.45) is 6.33. The molecule has 7 heteroatoms. The average Bonchev–Trinajstić information content (AvgIpc) is 3.35. The Morgan fingerprint density at radius 3 is 2.63 bits per heavy atom. The Balaban J connectivity index is 1.30. The molecule has 4 heterocycles. The fraction of sp³-hybridized carbons (Fsp3) is 0.800. The van der Waals surface area contributed by atoms with E-state index in [1.807, 2.05) is 4.90 Å². The van der Waals surface area contributed by atoms with Gasteiger partial charge in [0.1, 0.15) is 0 Å². The van der Waals surface area contributed by atoms with E-state index >= 15 is 0 Å². The Morgan fingerprint density at radius 1 is 1.07 bits per heavy atom. The summed E-state index contributed by atoms with van der Waals surface area (Å²) in [5.74, 6) is 1.32. The maximum absolute atomic E-state index is 12.9. The van der Waals surface area contributed by atoms with Gasteiger partial charge in [-0.25, -0.2) is 0 Å². The molecule has 150 valence electrons. The number of hydrogen-bond donors (Lipinski definition) is 1. The summed E-state index contributed by atoms with van der Waals surface area (Å²) >= 11 is 0. The summed E-state index contributed by atoms with van der Waals surface area (Å²) < 4.78 is 5.43. The molecule has 3 fully saturated rings. The molecule has 0 bridgehead atoms. The standard InChI is InChI=1S/C20H32N4O3/c25-17-5-10-23(11-6-17)15-18-12-19(21-27-18)20(26)24-9-3-4-16(14-24)13-22-7-1-2-8-22/h12,16-17,25H,1-11,13-15H2/t16-/m0/s1. The van der Waals surface area contributed by atoms with Crippen LogP contribution in [0.3, 0.4) is 0 Å². The molecule has 0 unspecified atom stereocenters. The Labute approximate surface area is 161 Å². The first kappa shape index (κ1) is 18.9. The van der Waals surface area contributed by atoms with E-state index in [9.17, 15) is 9.90 Å². The third-order valence-corrected chi connectivity index (χ3v) is 6.24. The first-order valence-electron chi connectivity index (χ1n) is 10.5. The van der Waals surface area contributed by atoms with Gasteiger partial charge in [-0.3, -0.25) is 9.69 Å². The molecule has 0 spiro atoms. The van der Waals surface area contributed by atoms with Gasteiger partial charge in [-0.15, -0.1) is 0 Å². The number of aliphatic hydroxyl groups is 1. The number of aliphatic hydroxyl groups excluding tert-OH is 1. The van der Waals surface area contributed by atoms with E-state index in [0.717, 1.165) is 57.7 Å². The normalized spacial score (nSPS) is 26.0. The molecule has 1 N–H and O–H groups in total. The lowest BCUT2D eigenvalue weighted by molar-refractivity contribution is 0.0636. The van der Waals surface area contributed by atoms with Crippen molar-refractivity contribution < 1.29 is 14.4 Å².